The second-order valence-electron chi connectivity index (χ2n) is 2.89. The van der Waals surface area contributed by atoms with Crippen molar-refractivity contribution >= 4 is 17.6 Å². The van der Waals surface area contributed by atoms with E-state index in [-0.39, 0.29) is 0 Å². The van der Waals surface area contributed by atoms with Crippen molar-refractivity contribution in [1.82, 2.24) is 0 Å². The zero-order valence-electron chi connectivity index (χ0n) is 8.36. The Kier molecular flexibility index (Phi) is 3.80. The third-order valence-corrected chi connectivity index (χ3v) is 2.09. The number of ether oxygens (including phenoxy) is 2. The Balaban J connectivity index is 2.82. The summed E-state index contributed by atoms with van der Waals surface area (Å²) < 4.78 is 10.1. The van der Waals surface area contributed by atoms with Crippen molar-refractivity contribution in [2.45, 2.75) is 13.0 Å². The van der Waals surface area contributed by atoms with Crippen LogP contribution in [0, 0.1) is 0 Å². The monoisotopic (exact) mass is 230 g/mol. The summed E-state index contributed by atoms with van der Waals surface area (Å²) in [5, 5.41) is 8.96. The second kappa shape index (κ2) is 4.89. The number of carboxylic acid groups (broad SMARTS) is 1. The number of carboxylic acids is 1. The normalized spacial score (nSPS) is 11.9. The van der Waals surface area contributed by atoms with Crippen molar-refractivity contribution in [3.8, 4) is 11.5 Å². The van der Waals surface area contributed by atoms with E-state index in [0.29, 0.717) is 16.5 Å². The van der Waals surface area contributed by atoms with Gasteiger partial charge < -0.3 is 14.6 Å². The molecule has 0 fully saturated rings. The number of methoxy groups -OCH3 is 1. The smallest absolute Gasteiger partial charge is 0.344 e. The number of hydrogen-bond donors (Lipinski definition) is 1. The third kappa shape index (κ3) is 3.02. The Hall–Kier alpha value is -1.42. The Bertz CT molecular complexity index is 364. The number of halogens is 1. The molecule has 1 aromatic carbocycles. The van der Waals surface area contributed by atoms with Crippen LogP contribution in [0.2, 0.25) is 5.02 Å². The van der Waals surface area contributed by atoms with Crippen LogP contribution in [0.1, 0.15) is 6.92 Å². The predicted octanol–water partition coefficient (Wildman–Crippen LogP) is 2.20. The van der Waals surface area contributed by atoms with Crippen molar-refractivity contribution in [3.63, 3.8) is 0 Å². The zero-order valence-corrected chi connectivity index (χ0v) is 9.12. The highest BCUT2D eigenvalue weighted by molar-refractivity contribution is 6.32. The molecule has 0 amide bonds. The second-order valence-corrected chi connectivity index (χ2v) is 3.30. The molecule has 82 valence electrons. The Morgan fingerprint density at radius 3 is 2.67 bits per heavy atom. The molecule has 0 aliphatic carbocycles. The van der Waals surface area contributed by atoms with Crippen LogP contribution in [-0.4, -0.2) is 24.3 Å². The average molecular weight is 231 g/mol. The molecule has 1 atom stereocenters. The lowest BCUT2D eigenvalue weighted by atomic mass is 10.3. The van der Waals surface area contributed by atoms with Crippen molar-refractivity contribution in [2.75, 3.05) is 7.11 Å². The molecule has 0 saturated carbocycles. The van der Waals surface area contributed by atoms with Gasteiger partial charge >= 0.3 is 5.97 Å². The molecule has 1 unspecified atom stereocenters. The van der Waals surface area contributed by atoms with Gasteiger partial charge in [-0.2, -0.15) is 0 Å². The topological polar surface area (TPSA) is 55.8 Å². The summed E-state index contributed by atoms with van der Waals surface area (Å²) in [5.74, 6) is -0.121. The highest BCUT2D eigenvalue weighted by Crippen LogP contribution is 2.29. The molecule has 0 aliphatic rings. The molecular weight excluding hydrogens is 220 g/mol. The summed E-state index contributed by atoms with van der Waals surface area (Å²) >= 11 is 5.86. The Labute approximate surface area is 92.4 Å². The van der Waals surface area contributed by atoms with Gasteiger partial charge in [0.15, 0.2) is 6.10 Å². The minimum Gasteiger partial charge on any atom is -0.497 e. The predicted molar refractivity (Wildman–Crippen MR) is 55.7 cm³/mol. The van der Waals surface area contributed by atoms with E-state index < -0.39 is 12.1 Å². The molecule has 0 bridgehead atoms. The number of rotatable bonds is 4. The van der Waals surface area contributed by atoms with Crippen molar-refractivity contribution < 1.29 is 19.4 Å². The fourth-order valence-electron chi connectivity index (χ4n) is 0.945. The van der Waals surface area contributed by atoms with Crippen molar-refractivity contribution in [1.29, 1.82) is 0 Å². The summed E-state index contributed by atoms with van der Waals surface area (Å²) in [6.45, 7) is 1.43. The highest BCUT2D eigenvalue weighted by Gasteiger charge is 2.14. The summed E-state index contributed by atoms with van der Waals surface area (Å²) in [5.41, 5.74) is 0. The van der Waals surface area contributed by atoms with Crippen LogP contribution in [-0.2, 0) is 4.79 Å². The van der Waals surface area contributed by atoms with Crippen LogP contribution in [0.25, 0.3) is 0 Å². The summed E-state index contributed by atoms with van der Waals surface area (Å²) in [6, 6.07) is 4.78. The van der Waals surface area contributed by atoms with E-state index in [4.69, 9.17) is 26.2 Å². The average Bonchev–Trinajstić information content (AvgIpc) is 2.20. The summed E-state index contributed by atoms with van der Waals surface area (Å²) in [7, 11) is 1.52. The Morgan fingerprint density at radius 1 is 1.53 bits per heavy atom. The van der Waals surface area contributed by atoms with Crippen LogP contribution in [0.3, 0.4) is 0 Å². The van der Waals surface area contributed by atoms with Crippen LogP contribution >= 0.6 is 11.6 Å². The number of benzene rings is 1. The SMILES string of the molecule is COc1ccc(OC(C)C(=O)O)c(Cl)c1. The molecule has 0 radical (unpaired) electrons. The first kappa shape index (κ1) is 11.7. The van der Waals surface area contributed by atoms with Crippen LogP contribution in [0.5, 0.6) is 11.5 Å². The van der Waals surface area contributed by atoms with Gasteiger partial charge in [-0.15, -0.1) is 0 Å². The fourth-order valence-corrected chi connectivity index (χ4v) is 1.16. The van der Waals surface area contributed by atoms with E-state index in [9.17, 15) is 4.79 Å². The van der Waals surface area contributed by atoms with E-state index in [1.165, 1.54) is 14.0 Å². The van der Waals surface area contributed by atoms with Crippen LogP contribution < -0.4 is 9.47 Å². The molecular formula is C10H11ClO4. The lowest BCUT2D eigenvalue weighted by Gasteiger charge is -2.12. The van der Waals surface area contributed by atoms with E-state index in [1.807, 2.05) is 0 Å². The van der Waals surface area contributed by atoms with Gasteiger partial charge in [0.2, 0.25) is 0 Å². The molecule has 4 nitrogen and oxygen atoms in total. The molecule has 5 heteroatoms. The van der Waals surface area contributed by atoms with Crippen LogP contribution in [0.4, 0.5) is 0 Å². The van der Waals surface area contributed by atoms with Crippen LogP contribution in [0.15, 0.2) is 18.2 Å². The van der Waals surface area contributed by atoms with Crippen molar-refractivity contribution in [2.24, 2.45) is 0 Å². The molecule has 15 heavy (non-hydrogen) atoms. The van der Waals surface area contributed by atoms with E-state index in [0.717, 1.165) is 0 Å². The molecule has 0 heterocycles. The van der Waals surface area contributed by atoms with Gasteiger partial charge in [-0.25, -0.2) is 4.79 Å². The standard InChI is InChI=1S/C10H11ClO4/c1-6(10(12)13)15-9-4-3-7(14-2)5-8(9)11/h3-6H,1-2H3,(H,12,13). The van der Waals surface area contributed by atoms with Gasteiger partial charge in [-0.3, -0.25) is 0 Å². The third-order valence-electron chi connectivity index (χ3n) is 1.79. The van der Waals surface area contributed by atoms with Gasteiger partial charge in [-0.1, -0.05) is 11.6 Å². The van der Waals surface area contributed by atoms with E-state index in [1.54, 1.807) is 18.2 Å². The van der Waals surface area contributed by atoms with Gasteiger partial charge in [0, 0.05) is 6.07 Å². The summed E-state index contributed by atoms with van der Waals surface area (Å²) in [6.07, 6.45) is -0.934. The minimum absolute atomic E-state index is 0.322. The molecule has 1 rings (SSSR count). The molecule has 0 saturated heterocycles. The number of aliphatic carboxylic acids is 1. The van der Waals surface area contributed by atoms with E-state index in [2.05, 4.69) is 0 Å². The van der Waals surface area contributed by atoms with E-state index >= 15 is 0 Å². The summed E-state index contributed by atoms with van der Waals surface area (Å²) in [4.78, 5) is 10.5. The fraction of sp³-hybridized carbons (Fsp3) is 0.300. The Morgan fingerprint density at radius 2 is 2.20 bits per heavy atom. The first-order chi connectivity index (χ1) is 7.04. The lowest BCUT2D eigenvalue weighted by molar-refractivity contribution is -0.144. The van der Waals surface area contributed by atoms with Gasteiger partial charge in [0.05, 0.1) is 12.1 Å². The number of carbonyl (C=O) groups is 1. The molecule has 1 aromatic rings. The first-order valence-electron chi connectivity index (χ1n) is 4.27. The zero-order chi connectivity index (χ0) is 11.4. The maximum absolute atomic E-state index is 10.5. The van der Waals surface area contributed by atoms with Gasteiger partial charge in [0.1, 0.15) is 11.5 Å². The molecule has 1 N–H and O–H groups in total. The maximum atomic E-state index is 10.5. The van der Waals surface area contributed by atoms with Crippen molar-refractivity contribution in [3.05, 3.63) is 23.2 Å². The largest absolute Gasteiger partial charge is 0.497 e. The number of hydrogen-bond acceptors (Lipinski definition) is 3. The van der Waals surface area contributed by atoms with Gasteiger partial charge in [0.25, 0.3) is 0 Å². The molecule has 0 aliphatic heterocycles. The quantitative estimate of drug-likeness (QED) is 0.862. The lowest BCUT2D eigenvalue weighted by Crippen LogP contribution is -2.22. The first-order valence-corrected chi connectivity index (χ1v) is 4.65. The molecule has 0 spiro atoms. The van der Waals surface area contributed by atoms with Gasteiger partial charge in [-0.05, 0) is 19.1 Å². The maximum Gasteiger partial charge on any atom is 0.344 e. The molecule has 0 aromatic heterocycles. The highest BCUT2D eigenvalue weighted by atomic mass is 35.5. The minimum atomic E-state index is -1.04.